The van der Waals surface area contributed by atoms with Crippen LogP contribution in [0.1, 0.15) is 28.4 Å². The molecule has 0 saturated heterocycles. The Balaban J connectivity index is 1.43. The minimum atomic E-state index is -3.53. The molecular formula is C26H24N2O4S. The van der Waals surface area contributed by atoms with Crippen LogP contribution in [-0.2, 0) is 22.9 Å². The van der Waals surface area contributed by atoms with Gasteiger partial charge in [0, 0.05) is 23.1 Å². The molecule has 2 aliphatic rings. The van der Waals surface area contributed by atoms with Crippen molar-refractivity contribution >= 4 is 20.9 Å². The van der Waals surface area contributed by atoms with Crippen molar-refractivity contribution in [3.8, 4) is 11.5 Å². The third-order valence-electron chi connectivity index (χ3n) is 6.55. The summed E-state index contributed by atoms with van der Waals surface area (Å²) in [5.41, 5.74) is 5.03. The van der Waals surface area contributed by atoms with Crippen molar-refractivity contribution in [2.24, 2.45) is 0 Å². The molecule has 0 saturated carbocycles. The number of fused-ring (bicyclic) bond motifs is 4. The van der Waals surface area contributed by atoms with E-state index in [0.717, 1.165) is 27.7 Å². The standard InChI is InChI=1S/C26H24N2O4S/c29-33(30,15-13-18-6-2-1-3-7-18)28-14-12-21-20-8-4-5-9-22(20)27-25(21)26(28)19-10-11-23-24(16-19)32-17-31-23/h1-11,16,26-27H,12-15,17H2. The minimum absolute atomic E-state index is 0.0631. The molecule has 0 bridgehead atoms. The first-order valence-corrected chi connectivity index (χ1v) is 12.7. The fourth-order valence-corrected chi connectivity index (χ4v) is 6.59. The summed E-state index contributed by atoms with van der Waals surface area (Å²) in [4.78, 5) is 3.53. The molecule has 0 radical (unpaired) electrons. The maximum Gasteiger partial charge on any atom is 0.231 e. The van der Waals surface area contributed by atoms with Gasteiger partial charge in [-0.05, 0) is 47.7 Å². The van der Waals surface area contributed by atoms with Crippen molar-refractivity contribution in [2.45, 2.75) is 18.9 Å². The highest BCUT2D eigenvalue weighted by Crippen LogP contribution is 2.43. The molecule has 1 unspecified atom stereocenters. The largest absolute Gasteiger partial charge is 0.454 e. The van der Waals surface area contributed by atoms with Crippen LogP contribution in [0.5, 0.6) is 11.5 Å². The summed E-state index contributed by atoms with van der Waals surface area (Å²) < 4.78 is 40.1. The first-order chi connectivity index (χ1) is 16.1. The Labute approximate surface area is 192 Å². The number of ether oxygens (including phenoxy) is 2. The van der Waals surface area contributed by atoms with Crippen molar-refractivity contribution in [1.82, 2.24) is 9.29 Å². The van der Waals surface area contributed by atoms with Gasteiger partial charge in [0.05, 0.1) is 11.8 Å². The molecule has 0 spiro atoms. The minimum Gasteiger partial charge on any atom is -0.454 e. The molecule has 2 aliphatic heterocycles. The third kappa shape index (κ3) is 3.57. The van der Waals surface area contributed by atoms with Crippen LogP contribution in [0.15, 0.2) is 72.8 Å². The highest BCUT2D eigenvalue weighted by atomic mass is 32.2. The van der Waals surface area contributed by atoms with E-state index in [4.69, 9.17) is 9.47 Å². The van der Waals surface area contributed by atoms with Crippen LogP contribution in [0, 0.1) is 0 Å². The predicted octanol–water partition coefficient (Wildman–Crippen LogP) is 4.42. The SMILES string of the molecule is O=S(=O)(CCc1ccccc1)N1CCc2c([nH]c3ccccc23)C1c1ccc2c(c1)OCO2. The monoisotopic (exact) mass is 460 g/mol. The van der Waals surface area contributed by atoms with Gasteiger partial charge in [-0.1, -0.05) is 54.6 Å². The van der Waals surface area contributed by atoms with Gasteiger partial charge < -0.3 is 14.5 Å². The van der Waals surface area contributed by atoms with E-state index in [1.807, 2.05) is 66.7 Å². The number of para-hydroxylation sites is 1. The molecule has 3 heterocycles. The van der Waals surface area contributed by atoms with E-state index in [1.165, 1.54) is 5.56 Å². The second kappa shape index (κ2) is 7.93. The molecule has 6 nitrogen and oxygen atoms in total. The van der Waals surface area contributed by atoms with Crippen molar-refractivity contribution in [3.63, 3.8) is 0 Å². The number of benzene rings is 3. The summed E-state index contributed by atoms with van der Waals surface area (Å²) in [6.45, 7) is 0.616. The summed E-state index contributed by atoms with van der Waals surface area (Å²) in [6.07, 6.45) is 1.15. The van der Waals surface area contributed by atoms with E-state index in [9.17, 15) is 8.42 Å². The van der Waals surface area contributed by atoms with Gasteiger partial charge in [0.15, 0.2) is 11.5 Å². The molecule has 1 N–H and O–H groups in total. The lowest BCUT2D eigenvalue weighted by Gasteiger charge is -2.35. The average Bonchev–Trinajstić information content (AvgIpc) is 3.47. The molecule has 0 aliphatic carbocycles. The number of H-pyrrole nitrogens is 1. The number of nitrogens with one attached hydrogen (secondary N) is 1. The Hall–Kier alpha value is -3.29. The number of sulfonamides is 1. The Kier molecular flexibility index (Phi) is 4.89. The van der Waals surface area contributed by atoms with Crippen LogP contribution in [0.2, 0.25) is 0 Å². The number of hydrogen-bond donors (Lipinski definition) is 1. The molecule has 7 heteroatoms. The third-order valence-corrected chi connectivity index (χ3v) is 8.38. The highest BCUT2D eigenvalue weighted by Gasteiger charge is 2.38. The first kappa shape index (κ1) is 20.3. The van der Waals surface area contributed by atoms with Crippen LogP contribution in [-0.4, -0.2) is 36.8 Å². The Morgan fingerprint density at radius 1 is 0.939 bits per heavy atom. The van der Waals surface area contributed by atoms with E-state index in [2.05, 4.69) is 11.1 Å². The fourth-order valence-electron chi connectivity index (χ4n) is 4.94. The van der Waals surface area contributed by atoms with Gasteiger partial charge in [-0.15, -0.1) is 0 Å². The van der Waals surface area contributed by atoms with Crippen molar-refractivity contribution in [3.05, 3.63) is 95.2 Å². The van der Waals surface area contributed by atoms with E-state index in [-0.39, 0.29) is 12.5 Å². The number of nitrogens with zero attached hydrogens (tertiary/aromatic N) is 1. The quantitative estimate of drug-likeness (QED) is 0.479. The van der Waals surface area contributed by atoms with Gasteiger partial charge in [-0.25, -0.2) is 8.42 Å². The number of aromatic nitrogens is 1. The van der Waals surface area contributed by atoms with Gasteiger partial charge in [-0.3, -0.25) is 0 Å². The summed E-state index contributed by atoms with van der Waals surface area (Å²) in [6, 6.07) is 23.2. The predicted molar refractivity (Wildman–Crippen MR) is 127 cm³/mol. The lowest BCUT2D eigenvalue weighted by atomic mass is 9.94. The zero-order valence-corrected chi connectivity index (χ0v) is 18.8. The highest BCUT2D eigenvalue weighted by molar-refractivity contribution is 7.89. The zero-order chi connectivity index (χ0) is 22.4. The van der Waals surface area contributed by atoms with E-state index >= 15 is 0 Å². The zero-order valence-electron chi connectivity index (χ0n) is 18.0. The van der Waals surface area contributed by atoms with Crippen molar-refractivity contribution < 1.29 is 17.9 Å². The van der Waals surface area contributed by atoms with Gasteiger partial charge in [0.25, 0.3) is 0 Å². The fraction of sp³-hybridized carbons (Fsp3) is 0.231. The molecule has 0 fully saturated rings. The van der Waals surface area contributed by atoms with Gasteiger partial charge in [-0.2, -0.15) is 4.31 Å². The molecule has 33 heavy (non-hydrogen) atoms. The van der Waals surface area contributed by atoms with Crippen LogP contribution in [0.4, 0.5) is 0 Å². The summed E-state index contributed by atoms with van der Waals surface area (Å²) >= 11 is 0. The Bertz CT molecular complexity index is 1430. The van der Waals surface area contributed by atoms with Crippen molar-refractivity contribution in [1.29, 1.82) is 0 Å². The van der Waals surface area contributed by atoms with E-state index in [1.54, 1.807) is 4.31 Å². The Morgan fingerprint density at radius 3 is 2.61 bits per heavy atom. The molecule has 168 valence electrons. The Morgan fingerprint density at radius 2 is 1.73 bits per heavy atom. The molecule has 1 atom stereocenters. The first-order valence-electron chi connectivity index (χ1n) is 11.1. The molecule has 4 aromatic rings. The summed E-state index contributed by atoms with van der Waals surface area (Å²) in [7, 11) is -3.53. The lowest BCUT2D eigenvalue weighted by molar-refractivity contribution is 0.174. The van der Waals surface area contributed by atoms with Crippen LogP contribution in [0.25, 0.3) is 10.9 Å². The summed E-state index contributed by atoms with van der Waals surface area (Å²) in [5.74, 6) is 1.40. The number of aryl methyl sites for hydroxylation is 1. The number of hydrogen-bond acceptors (Lipinski definition) is 4. The second-order valence-corrected chi connectivity index (χ2v) is 10.5. The molecular weight excluding hydrogens is 436 g/mol. The molecule has 3 aromatic carbocycles. The maximum absolute atomic E-state index is 13.7. The smallest absolute Gasteiger partial charge is 0.231 e. The normalized spacial score (nSPS) is 17.9. The van der Waals surface area contributed by atoms with E-state index in [0.29, 0.717) is 30.9 Å². The van der Waals surface area contributed by atoms with Crippen molar-refractivity contribution in [2.75, 3.05) is 19.1 Å². The van der Waals surface area contributed by atoms with E-state index < -0.39 is 16.1 Å². The van der Waals surface area contributed by atoms with Crippen LogP contribution < -0.4 is 9.47 Å². The molecule has 1 aromatic heterocycles. The second-order valence-electron chi connectivity index (χ2n) is 8.49. The maximum atomic E-state index is 13.7. The molecule has 6 rings (SSSR count). The van der Waals surface area contributed by atoms with Gasteiger partial charge in [0.2, 0.25) is 16.8 Å². The lowest BCUT2D eigenvalue weighted by Crippen LogP contribution is -2.42. The van der Waals surface area contributed by atoms with Gasteiger partial charge in [0.1, 0.15) is 0 Å². The topological polar surface area (TPSA) is 71.6 Å². The van der Waals surface area contributed by atoms with Gasteiger partial charge >= 0.3 is 0 Å². The average molecular weight is 461 g/mol. The van der Waals surface area contributed by atoms with Crippen LogP contribution in [0.3, 0.4) is 0 Å². The van der Waals surface area contributed by atoms with Crippen LogP contribution >= 0.6 is 0 Å². The number of rotatable bonds is 5. The summed E-state index contributed by atoms with van der Waals surface area (Å²) in [5, 5.41) is 1.15. The molecule has 0 amide bonds. The number of aromatic amines is 1.